The molecule has 14 heavy (non-hydrogen) atoms. The number of nitrogens with zero attached hydrogens (tertiary/aromatic N) is 1. The summed E-state index contributed by atoms with van der Waals surface area (Å²) in [4.78, 5) is 4.55. The first-order chi connectivity index (χ1) is 6.81. The first-order valence-electron chi connectivity index (χ1n) is 5.81. The zero-order valence-corrected chi connectivity index (χ0v) is 10.1. The average molecular weight is 209 g/mol. The molecule has 0 radical (unpaired) electrons. The third-order valence-corrected chi connectivity index (χ3v) is 4.85. The van der Waals surface area contributed by atoms with Crippen molar-refractivity contribution in [3.05, 3.63) is 17.4 Å². The van der Waals surface area contributed by atoms with Gasteiger partial charge in [-0.2, -0.15) is 0 Å². The number of aromatic nitrogens is 1. The maximum absolute atomic E-state index is 4.55. The van der Waals surface area contributed by atoms with Gasteiger partial charge in [0, 0.05) is 11.6 Å². The molecule has 1 heterocycles. The summed E-state index contributed by atoms with van der Waals surface area (Å²) in [6, 6.07) is 0. The highest BCUT2D eigenvalue weighted by atomic mass is 31.0. The Balaban J connectivity index is 2.11. The zero-order valence-electron chi connectivity index (χ0n) is 9.05. The minimum Gasteiger partial charge on any atom is -0.256 e. The lowest BCUT2D eigenvalue weighted by molar-refractivity contribution is 0.340. The van der Waals surface area contributed by atoms with Crippen LogP contribution >= 0.6 is 8.19 Å². The molecule has 1 fully saturated rings. The predicted molar refractivity (Wildman–Crippen MR) is 63.4 cm³/mol. The monoisotopic (exact) mass is 209 g/mol. The van der Waals surface area contributed by atoms with Crippen LogP contribution in [-0.4, -0.2) is 4.98 Å². The first kappa shape index (κ1) is 10.2. The first-order valence-corrected chi connectivity index (χ1v) is 6.89. The maximum Gasteiger partial charge on any atom is 0.0620 e. The number of hydrogen-bond donors (Lipinski definition) is 0. The lowest BCUT2D eigenvalue weighted by Crippen LogP contribution is -2.22. The molecule has 2 heteroatoms. The van der Waals surface area contributed by atoms with Crippen LogP contribution in [-0.2, 0) is 5.41 Å². The molecule has 1 aromatic heterocycles. The van der Waals surface area contributed by atoms with Crippen LogP contribution in [0.25, 0.3) is 0 Å². The van der Waals surface area contributed by atoms with Crippen molar-refractivity contribution in [1.82, 2.24) is 4.98 Å². The van der Waals surface area contributed by atoms with E-state index in [-0.39, 0.29) is 0 Å². The topological polar surface area (TPSA) is 12.9 Å². The molecule has 1 nitrogen and oxygen atoms in total. The molecule has 0 spiro atoms. The van der Waals surface area contributed by atoms with E-state index < -0.39 is 0 Å². The molecule has 1 aliphatic carbocycles. The zero-order chi connectivity index (χ0) is 9.86. The Morgan fingerprint density at radius 3 is 2.36 bits per heavy atom. The standard InChI is InChI=1S/C12H20NP/c1-12(11-13-9-10-14-11)7-5-3-2-4-6-8-12/h9-10,14H,2-8H2,1H3. The van der Waals surface area contributed by atoms with Crippen LogP contribution in [0.15, 0.2) is 12.0 Å². The van der Waals surface area contributed by atoms with Gasteiger partial charge in [-0.25, -0.2) is 0 Å². The van der Waals surface area contributed by atoms with Crippen molar-refractivity contribution in [2.45, 2.75) is 57.3 Å². The molecule has 1 aliphatic rings. The van der Waals surface area contributed by atoms with Crippen molar-refractivity contribution in [3.63, 3.8) is 0 Å². The third kappa shape index (κ3) is 2.20. The van der Waals surface area contributed by atoms with Crippen LogP contribution in [0.2, 0.25) is 0 Å². The fourth-order valence-corrected chi connectivity index (χ4v) is 3.57. The number of rotatable bonds is 1. The fraction of sp³-hybridized carbons (Fsp3) is 0.750. The Morgan fingerprint density at radius 2 is 1.79 bits per heavy atom. The van der Waals surface area contributed by atoms with E-state index in [1.54, 1.807) is 0 Å². The average Bonchev–Trinajstić information content (AvgIpc) is 2.65. The minimum atomic E-state index is 0.433. The van der Waals surface area contributed by atoms with Crippen LogP contribution < -0.4 is 0 Å². The molecular formula is C12H20NP. The molecule has 0 N–H and O–H groups in total. The van der Waals surface area contributed by atoms with Crippen molar-refractivity contribution in [2.75, 3.05) is 0 Å². The highest BCUT2D eigenvalue weighted by molar-refractivity contribution is 7.30. The molecule has 2 rings (SSSR count). The van der Waals surface area contributed by atoms with Gasteiger partial charge in [0.05, 0.1) is 5.43 Å². The van der Waals surface area contributed by atoms with Gasteiger partial charge >= 0.3 is 0 Å². The summed E-state index contributed by atoms with van der Waals surface area (Å²) < 4.78 is 0. The van der Waals surface area contributed by atoms with Crippen LogP contribution in [0.1, 0.15) is 57.3 Å². The number of hydrogen-bond acceptors (Lipinski definition) is 1. The Morgan fingerprint density at radius 1 is 1.14 bits per heavy atom. The van der Waals surface area contributed by atoms with E-state index in [0.717, 1.165) is 8.19 Å². The van der Waals surface area contributed by atoms with Gasteiger partial charge < -0.3 is 0 Å². The van der Waals surface area contributed by atoms with Crippen LogP contribution in [0.3, 0.4) is 0 Å². The van der Waals surface area contributed by atoms with Crippen LogP contribution in [0.5, 0.6) is 0 Å². The second-order valence-electron chi connectivity index (χ2n) is 4.77. The summed E-state index contributed by atoms with van der Waals surface area (Å²) in [6.07, 6.45) is 11.8. The molecule has 1 unspecified atom stereocenters. The summed E-state index contributed by atoms with van der Waals surface area (Å²) in [6.45, 7) is 2.43. The molecule has 0 aliphatic heterocycles. The molecule has 78 valence electrons. The second kappa shape index (κ2) is 4.49. The fourth-order valence-electron chi connectivity index (χ4n) is 2.52. The van der Waals surface area contributed by atoms with E-state index in [1.807, 2.05) is 6.20 Å². The van der Waals surface area contributed by atoms with Gasteiger partial charge in [0.25, 0.3) is 0 Å². The molecule has 0 aromatic carbocycles. The summed E-state index contributed by atoms with van der Waals surface area (Å²) in [5, 5.41) is 0. The van der Waals surface area contributed by atoms with Crippen LogP contribution in [0.4, 0.5) is 0 Å². The van der Waals surface area contributed by atoms with E-state index in [1.165, 1.54) is 50.4 Å². The molecule has 1 saturated carbocycles. The summed E-state index contributed by atoms with van der Waals surface area (Å²) >= 11 is 0. The van der Waals surface area contributed by atoms with Gasteiger partial charge in [-0.3, -0.25) is 4.98 Å². The second-order valence-corrected chi connectivity index (χ2v) is 5.86. The van der Waals surface area contributed by atoms with Gasteiger partial charge in [-0.1, -0.05) is 39.0 Å². The van der Waals surface area contributed by atoms with Crippen molar-refractivity contribution >= 4 is 8.19 Å². The highest BCUT2D eigenvalue weighted by Gasteiger charge is 2.28. The molecule has 0 bridgehead atoms. The Hall–Kier alpha value is -0.290. The Bertz CT molecular complexity index is 258. The highest BCUT2D eigenvalue weighted by Crippen LogP contribution is 2.39. The summed E-state index contributed by atoms with van der Waals surface area (Å²) in [5.41, 5.74) is 1.90. The SMILES string of the molecule is CC1(c2ncc[pH]2)CCCCCCC1. The van der Waals surface area contributed by atoms with E-state index >= 15 is 0 Å². The van der Waals surface area contributed by atoms with Crippen LogP contribution in [0, 0.1) is 0 Å². The molecule has 1 atom stereocenters. The maximum atomic E-state index is 4.55. The van der Waals surface area contributed by atoms with Crippen molar-refractivity contribution in [1.29, 1.82) is 0 Å². The van der Waals surface area contributed by atoms with E-state index in [9.17, 15) is 0 Å². The largest absolute Gasteiger partial charge is 0.256 e. The van der Waals surface area contributed by atoms with E-state index in [0.29, 0.717) is 5.41 Å². The lowest BCUT2D eigenvalue weighted by atomic mass is 9.78. The van der Waals surface area contributed by atoms with Gasteiger partial charge in [0.2, 0.25) is 0 Å². The van der Waals surface area contributed by atoms with Crippen molar-refractivity contribution in [3.8, 4) is 0 Å². The summed E-state index contributed by atoms with van der Waals surface area (Å²) in [7, 11) is 0.866. The van der Waals surface area contributed by atoms with E-state index in [2.05, 4.69) is 17.7 Å². The molecule has 0 amide bonds. The van der Waals surface area contributed by atoms with Crippen molar-refractivity contribution < 1.29 is 0 Å². The Labute approximate surface area is 88.4 Å². The Kier molecular flexibility index (Phi) is 3.28. The normalized spacial score (nSPS) is 23.2. The summed E-state index contributed by atoms with van der Waals surface area (Å²) in [5.74, 6) is 2.22. The minimum absolute atomic E-state index is 0.433. The predicted octanol–water partition coefficient (Wildman–Crippen LogP) is 4.11. The van der Waals surface area contributed by atoms with Gasteiger partial charge in [0.1, 0.15) is 0 Å². The van der Waals surface area contributed by atoms with E-state index in [4.69, 9.17) is 0 Å². The molecule has 1 aromatic rings. The van der Waals surface area contributed by atoms with Gasteiger partial charge in [-0.15, -0.1) is 8.19 Å². The molecular weight excluding hydrogens is 189 g/mol. The molecule has 0 saturated heterocycles. The van der Waals surface area contributed by atoms with Crippen molar-refractivity contribution in [2.24, 2.45) is 0 Å². The quantitative estimate of drug-likeness (QED) is 0.678. The third-order valence-electron chi connectivity index (χ3n) is 3.53. The van der Waals surface area contributed by atoms with Gasteiger partial charge in [-0.05, 0) is 18.6 Å². The van der Waals surface area contributed by atoms with Gasteiger partial charge in [0.15, 0.2) is 0 Å². The lowest BCUT2D eigenvalue weighted by Gasteiger charge is -2.29. The smallest absolute Gasteiger partial charge is 0.0620 e.